The second-order valence-corrected chi connectivity index (χ2v) is 4.33. The molecule has 0 aromatic heterocycles. The highest BCUT2D eigenvalue weighted by Gasteiger charge is 2.38. The third kappa shape index (κ3) is 2.77. The first kappa shape index (κ1) is 12.4. The van der Waals surface area contributed by atoms with Crippen molar-refractivity contribution in [2.45, 2.75) is 31.2 Å². The van der Waals surface area contributed by atoms with Crippen molar-refractivity contribution in [3.63, 3.8) is 0 Å². The minimum atomic E-state index is -3.34. The largest absolute Gasteiger partial charge is 0.314 e. The van der Waals surface area contributed by atoms with Crippen molar-refractivity contribution in [1.82, 2.24) is 5.32 Å². The van der Waals surface area contributed by atoms with Crippen LogP contribution in [-0.2, 0) is 5.92 Å². The summed E-state index contributed by atoms with van der Waals surface area (Å²) in [6.07, 6.45) is 0.992. The maximum atomic E-state index is 13.8. The highest BCUT2D eigenvalue weighted by Crippen LogP contribution is 2.36. The van der Waals surface area contributed by atoms with E-state index in [2.05, 4.69) is 5.32 Å². The Balaban J connectivity index is 2.20. The molecular weight excluding hydrogens is 234 g/mol. The Morgan fingerprint density at radius 2 is 2.06 bits per heavy atom. The fourth-order valence-electron chi connectivity index (χ4n) is 2.13. The molecule has 1 aliphatic rings. The molecule has 1 aromatic rings. The van der Waals surface area contributed by atoms with Gasteiger partial charge in [0, 0.05) is 12.5 Å². The lowest BCUT2D eigenvalue weighted by Crippen LogP contribution is -2.29. The predicted molar refractivity (Wildman–Crippen MR) is 55.9 cm³/mol. The van der Waals surface area contributed by atoms with Gasteiger partial charge < -0.3 is 5.32 Å². The van der Waals surface area contributed by atoms with Crippen LogP contribution in [0.5, 0.6) is 0 Å². The highest BCUT2D eigenvalue weighted by molar-refractivity contribution is 5.23. The Kier molecular flexibility index (Phi) is 3.38. The SMILES string of the molecule is Fc1ccc(F)c(C(F)(F)CC2CCCN2)c1. The average molecular weight is 247 g/mol. The zero-order chi connectivity index (χ0) is 12.5. The van der Waals surface area contributed by atoms with Crippen LogP contribution < -0.4 is 5.32 Å². The van der Waals surface area contributed by atoms with E-state index in [9.17, 15) is 17.6 Å². The zero-order valence-electron chi connectivity index (χ0n) is 9.15. The van der Waals surface area contributed by atoms with Gasteiger partial charge in [-0.05, 0) is 37.6 Å². The molecule has 0 aliphatic carbocycles. The molecule has 1 unspecified atom stereocenters. The first-order chi connectivity index (χ1) is 7.99. The van der Waals surface area contributed by atoms with Gasteiger partial charge in [-0.1, -0.05) is 0 Å². The Hall–Kier alpha value is -1.10. The summed E-state index contributed by atoms with van der Waals surface area (Å²) in [5.74, 6) is -5.25. The molecule has 1 fully saturated rings. The summed E-state index contributed by atoms with van der Waals surface area (Å²) in [6.45, 7) is 0.701. The van der Waals surface area contributed by atoms with Gasteiger partial charge >= 0.3 is 0 Å². The van der Waals surface area contributed by atoms with Crippen LogP contribution >= 0.6 is 0 Å². The number of rotatable bonds is 3. The van der Waals surface area contributed by atoms with Crippen molar-refractivity contribution in [3.8, 4) is 0 Å². The van der Waals surface area contributed by atoms with E-state index in [1.54, 1.807) is 0 Å². The summed E-state index contributed by atoms with van der Waals surface area (Å²) in [5.41, 5.74) is -0.855. The van der Waals surface area contributed by atoms with Crippen LogP contribution in [0.1, 0.15) is 24.8 Å². The molecule has 2 rings (SSSR count). The van der Waals surface area contributed by atoms with Crippen LogP contribution in [0.25, 0.3) is 0 Å². The Morgan fingerprint density at radius 3 is 2.71 bits per heavy atom. The summed E-state index contributed by atoms with van der Waals surface area (Å²) < 4.78 is 53.8. The topological polar surface area (TPSA) is 12.0 Å². The van der Waals surface area contributed by atoms with Crippen LogP contribution in [0.2, 0.25) is 0 Å². The molecule has 1 saturated heterocycles. The molecule has 94 valence electrons. The fraction of sp³-hybridized carbons (Fsp3) is 0.500. The number of nitrogens with one attached hydrogen (secondary N) is 1. The third-order valence-electron chi connectivity index (χ3n) is 2.99. The standard InChI is InChI=1S/C12H13F4N/c13-8-3-4-11(14)10(6-8)12(15,16)7-9-2-1-5-17-9/h3-4,6,9,17H,1-2,5,7H2. The lowest BCUT2D eigenvalue weighted by molar-refractivity contribution is -0.0248. The second-order valence-electron chi connectivity index (χ2n) is 4.33. The lowest BCUT2D eigenvalue weighted by atomic mass is 9.99. The molecule has 0 spiro atoms. The van der Waals surface area contributed by atoms with Crippen molar-refractivity contribution in [3.05, 3.63) is 35.4 Å². The second kappa shape index (κ2) is 4.64. The summed E-state index contributed by atoms with van der Waals surface area (Å²) in [6, 6.07) is 1.82. The number of hydrogen-bond acceptors (Lipinski definition) is 1. The van der Waals surface area contributed by atoms with Crippen molar-refractivity contribution < 1.29 is 17.6 Å². The molecule has 0 bridgehead atoms. The smallest absolute Gasteiger partial charge is 0.277 e. The van der Waals surface area contributed by atoms with Crippen LogP contribution in [0.4, 0.5) is 17.6 Å². The van der Waals surface area contributed by atoms with Crippen molar-refractivity contribution in [1.29, 1.82) is 0 Å². The monoisotopic (exact) mass is 247 g/mol. The molecule has 1 aromatic carbocycles. The highest BCUT2D eigenvalue weighted by atomic mass is 19.3. The summed E-state index contributed by atoms with van der Waals surface area (Å²) >= 11 is 0. The van der Waals surface area contributed by atoms with E-state index in [0.717, 1.165) is 18.6 Å². The molecule has 0 saturated carbocycles. The first-order valence-corrected chi connectivity index (χ1v) is 5.56. The van der Waals surface area contributed by atoms with Gasteiger partial charge in [-0.15, -0.1) is 0 Å². The maximum Gasteiger partial charge on any atom is 0.277 e. The number of hydrogen-bond donors (Lipinski definition) is 1. The molecule has 0 amide bonds. The van der Waals surface area contributed by atoms with E-state index in [1.807, 2.05) is 0 Å². The molecule has 1 atom stereocenters. The third-order valence-corrected chi connectivity index (χ3v) is 2.99. The van der Waals surface area contributed by atoms with Gasteiger partial charge in [-0.2, -0.15) is 0 Å². The fourth-order valence-corrected chi connectivity index (χ4v) is 2.13. The lowest BCUT2D eigenvalue weighted by Gasteiger charge is -2.21. The summed E-state index contributed by atoms with van der Waals surface area (Å²) in [7, 11) is 0. The van der Waals surface area contributed by atoms with Crippen LogP contribution in [0.3, 0.4) is 0 Å². The summed E-state index contributed by atoms with van der Waals surface area (Å²) in [4.78, 5) is 0. The van der Waals surface area contributed by atoms with Gasteiger partial charge in [0.15, 0.2) is 0 Å². The quantitative estimate of drug-likeness (QED) is 0.809. The van der Waals surface area contributed by atoms with Crippen LogP contribution in [0, 0.1) is 11.6 Å². The van der Waals surface area contributed by atoms with E-state index >= 15 is 0 Å². The minimum absolute atomic E-state index is 0.326. The van der Waals surface area contributed by atoms with Crippen LogP contribution in [-0.4, -0.2) is 12.6 Å². The van der Waals surface area contributed by atoms with Crippen molar-refractivity contribution in [2.75, 3.05) is 6.54 Å². The van der Waals surface area contributed by atoms with E-state index in [-0.39, 0.29) is 6.04 Å². The maximum absolute atomic E-state index is 13.8. The Labute approximate surface area is 96.8 Å². The van der Waals surface area contributed by atoms with Crippen molar-refractivity contribution in [2.24, 2.45) is 0 Å². The van der Waals surface area contributed by atoms with Gasteiger partial charge in [0.2, 0.25) is 0 Å². The van der Waals surface area contributed by atoms with E-state index < -0.39 is 29.5 Å². The number of halogens is 4. The van der Waals surface area contributed by atoms with E-state index in [1.165, 1.54) is 0 Å². The molecule has 17 heavy (non-hydrogen) atoms. The molecule has 1 heterocycles. The summed E-state index contributed by atoms with van der Waals surface area (Å²) in [5, 5.41) is 2.92. The minimum Gasteiger partial charge on any atom is -0.314 e. The molecule has 1 aliphatic heterocycles. The van der Waals surface area contributed by atoms with Gasteiger partial charge in [-0.25, -0.2) is 17.6 Å². The normalized spacial score (nSPS) is 20.8. The molecule has 5 heteroatoms. The van der Waals surface area contributed by atoms with Gasteiger partial charge in [-0.3, -0.25) is 0 Å². The molecule has 0 radical (unpaired) electrons. The Bertz CT molecular complexity index is 399. The predicted octanol–water partition coefficient (Wildman–Crippen LogP) is 3.20. The van der Waals surface area contributed by atoms with Crippen LogP contribution in [0.15, 0.2) is 18.2 Å². The number of alkyl halides is 2. The number of benzene rings is 1. The van der Waals surface area contributed by atoms with E-state index in [4.69, 9.17) is 0 Å². The van der Waals surface area contributed by atoms with Gasteiger partial charge in [0.1, 0.15) is 11.6 Å². The van der Waals surface area contributed by atoms with Crippen molar-refractivity contribution >= 4 is 0 Å². The molecular formula is C12H13F4N. The Morgan fingerprint density at radius 1 is 1.29 bits per heavy atom. The van der Waals surface area contributed by atoms with Gasteiger partial charge in [0.25, 0.3) is 5.92 Å². The average Bonchev–Trinajstić information content (AvgIpc) is 2.73. The first-order valence-electron chi connectivity index (χ1n) is 5.56. The molecule has 1 nitrogen and oxygen atoms in total. The van der Waals surface area contributed by atoms with Gasteiger partial charge in [0.05, 0.1) is 5.56 Å². The zero-order valence-corrected chi connectivity index (χ0v) is 9.15. The van der Waals surface area contributed by atoms with E-state index in [0.29, 0.717) is 19.0 Å². The molecule has 1 N–H and O–H groups in total.